The first kappa shape index (κ1) is 18.8. The molecule has 0 fully saturated rings. The molecule has 3 aromatic rings. The molecule has 8 heteroatoms. The van der Waals surface area contributed by atoms with E-state index in [9.17, 15) is 14.8 Å². The molecule has 1 amide bonds. The van der Waals surface area contributed by atoms with Crippen LogP contribution in [0.3, 0.4) is 0 Å². The number of fused-ring (bicyclic) bond motifs is 2. The van der Waals surface area contributed by atoms with Crippen molar-refractivity contribution in [3.63, 3.8) is 0 Å². The van der Waals surface area contributed by atoms with Crippen molar-refractivity contribution in [1.29, 1.82) is 0 Å². The first-order valence-electron chi connectivity index (χ1n) is 9.38. The lowest BCUT2D eigenvalue weighted by molar-refractivity contribution is 0.165. The predicted molar refractivity (Wildman–Crippen MR) is 112 cm³/mol. The number of carbonyl (C=O) groups excluding carboxylic acids is 1. The minimum absolute atomic E-state index is 0.0364. The Morgan fingerprint density at radius 3 is 2.93 bits per heavy atom. The van der Waals surface area contributed by atoms with Gasteiger partial charge in [-0.3, -0.25) is 4.79 Å². The second kappa shape index (κ2) is 7.84. The number of hydrazine groups is 1. The summed E-state index contributed by atoms with van der Waals surface area (Å²) in [7, 11) is 1.33. The summed E-state index contributed by atoms with van der Waals surface area (Å²) in [5.74, 6) is 0. The maximum Gasteiger partial charge on any atom is 0.407 e. The van der Waals surface area contributed by atoms with E-state index in [1.807, 2.05) is 18.2 Å². The molecule has 3 N–H and O–H groups in total. The van der Waals surface area contributed by atoms with Gasteiger partial charge in [-0.15, -0.1) is 0 Å². The van der Waals surface area contributed by atoms with Gasteiger partial charge in [-0.25, -0.2) is 4.79 Å². The number of alkyl carbamates (subject to hydrolysis) is 1. The van der Waals surface area contributed by atoms with E-state index >= 15 is 0 Å². The SMILES string of the molecule is COC(=O)NC1CCCc2ccc(NN([O-])c3c[nH]c4ccccc4c3=O)cc21. The fourth-order valence-electron chi connectivity index (χ4n) is 3.70. The number of hydrogen-bond acceptors (Lipinski definition) is 6. The van der Waals surface area contributed by atoms with Gasteiger partial charge in [0.05, 0.1) is 18.8 Å². The first-order chi connectivity index (χ1) is 14.1. The molecular weight excluding hydrogens is 372 g/mol. The summed E-state index contributed by atoms with van der Waals surface area (Å²) in [6.45, 7) is 0. The van der Waals surface area contributed by atoms with Crippen molar-refractivity contribution in [3.8, 4) is 0 Å². The number of aromatic nitrogens is 1. The Morgan fingerprint density at radius 1 is 1.28 bits per heavy atom. The number of hydrogen-bond donors (Lipinski definition) is 3. The number of pyridine rings is 1. The van der Waals surface area contributed by atoms with Crippen LogP contribution in [-0.2, 0) is 11.2 Å². The van der Waals surface area contributed by atoms with Crippen molar-refractivity contribution in [2.45, 2.75) is 25.3 Å². The molecule has 0 saturated carbocycles. The zero-order valence-corrected chi connectivity index (χ0v) is 15.9. The van der Waals surface area contributed by atoms with Gasteiger partial charge in [0.15, 0.2) is 0 Å². The van der Waals surface area contributed by atoms with Gasteiger partial charge in [0.25, 0.3) is 0 Å². The Balaban J connectivity index is 1.60. The van der Waals surface area contributed by atoms with E-state index in [1.165, 1.54) is 13.3 Å². The third-order valence-electron chi connectivity index (χ3n) is 5.16. The Kier molecular flexibility index (Phi) is 5.09. The van der Waals surface area contributed by atoms with Gasteiger partial charge < -0.3 is 30.8 Å². The molecule has 0 bridgehead atoms. The number of carbonyl (C=O) groups is 1. The molecular formula is C21H21N4O4-. The lowest BCUT2D eigenvalue weighted by atomic mass is 9.87. The number of nitrogens with zero attached hydrogens (tertiary/aromatic N) is 1. The highest BCUT2D eigenvalue weighted by Gasteiger charge is 2.22. The summed E-state index contributed by atoms with van der Waals surface area (Å²) >= 11 is 0. The maximum absolute atomic E-state index is 12.6. The van der Waals surface area contributed by atoms with E-state index in [-0.39, 0.29) is 17.2 Å². The zero-order chi connectivity index (χ0) is 20.4. The standard InChI is InChI=1S/C21H21N4O4/c1-29-21(27)23-18-8-4-5-13-9-10-14(11-16(13)18)24-25(28)19-12-22-17-7-3-2-6-15(17)20(19)26/h2-3,6-7,9-12,18,24H,4-5,8H2,1H3,(H,22,26)(H,23,27)/q-1. The number of anilines is 2. The largest absolute Gasteiger partial charge is 0.739 e. The highest BCUT2D eigenvalue weighted by molar-refractivity contribution is 5.81. The number of amides is 1. The van der Waals surface area contributed by atoms with Gasteiger partial charge in [0.1, 0.15) is 5.69 Å². The monoisotopic (exact) mass is 393 g/mol. The van der Waals surface area contributed by atoms with Gasteiger partial charge in [0, 0.05) is 17.1 Å². The summed E-state index contributed by atoms with van der Waals surface area (Å²) in [5, 5.41) is 16.4. The molecule has 1 aliphatic rings. The number of rotatable bonds is 4. The Morgan fingerprint density at radius 2 is 2.10 bits per heavy atom. The molecule has 0 spiro atoms. The average Bonchev–Trinajstić information content (AvgIpc) is 2.74. The molecule has 1 atom stereocenters. The van der Waals surface area contributed by atoms with Crippen LogP contribution in [0.2, 0.25) is 0 Å². The van der Waals surface area contributed by atoms with E-state index in [1.54, 1.807) is 24.3 Å². The van der Waals surface area contributed by atoms with Crippen LogP contribution in [0.15, 0.2) is 53.5 Å². The third-order valence-corrected chi connectivity index (χ3v) is 5.16. The number of ether oxygens (including phenoxy) is 1. The second-order valence-electron chi connectivity index (χ2n) is 6.95. The molecule has 0 saturated heterocycles. The van der Waals surface area contributed by atoms with Crippen molar-refractivity contribution in [1.82, 2.24) is 10.3 Å². The molecule has 150 valence electrons. The molecule has 1 aromatic heterocycles. The predicted octanol–water partition coefficient (Wildman–Crippen LogP) is 3.59. The molecule has 0 aliphatic heterocycles. The van der Waals surface area contributed by atoms with Crippen molar-refractivity contribution in [3.05, 3.63) is 75.2 Å². The van der Waals surface area contributed by atoms with Crippen LogP contribution < -0.4 is 21.3 Å². The van der Waals surface area contributed by atoms with Crippen LogP contribution in [0.4, 0.5) is 16.2 Å². The van der Waals surface area contributed by atoms with Gasteiger partial charge in [-0.2, -0.15) is 0 Å². The Labute approximate surface area is 167 Å². The molecule has 8 nitrogen and oxygen atoms in total. The summed E-state index contributed by atoms with van der Waals surface area (Å²) in [6, 6.07) is 12.4. The van der Waals surface area contributed by atoms with Crippen LogP contribution >= 0.6 is 0 Å². The van der Waals surface area contributed by atoms with E-state index in [2.05, 4.69) is 15.7 Å². The van der Waals surface area contributed by atoms with Gasteiger partial charge in [-0.05, 0) is 54.7 Å². The molecule has 29 heavy (non-hydrogen) atoms. The number of methoxy groups -OCH3 is 1. The van der Waals surface area contributed by atoms with Crippen LogP contribution in [0, 0.1) is 5.21 Å². The third kappa shape index (κ3) is 3.74. The molecule has 4 rings (SSSR count). The topological polar surface area (TPSA) is 110 Å². The average molecular weight is 393 g/mol. The van der Waals surface area contributed by atoms with E-state index in [0.29, 0.717) is 21.8 Å². The first-order valence-corrected chi connectivity index (χ1v) is 9.38. The van der Waals surface area contributed by atoms with E-state index in [0.717, 1.165) is 30.4 Å². The van der Waals surface area contributed by atoms with E-state index in [4.69, 9.17) is 4.74 Å². The van der Waals surface area contributed by atoms with Gasteiger partial charge >= 0.3 is 6.09 Å². The number of aromatic amines is 1. The number of nitrogens with one attached hydrogen (secondary N) is 3. The summed E-state index contributed by atoms with van der Waals surface area (Å²) in [5.41, 5.74) is 5.57. The van der Waals surface area contributed by atoms with Crippen LogP contribution in [-0.4, -0.2) is 18.2 Å². The van der Waals surface area contributed by atoms with Crippen molar-refractivity contribution < 1.29 is 9.53 Å². The molecule has 2 aromatic carbocycles. The fourth-order valence-corrected chi connectivity index (χ4v) is 3.70. The summed E-state index contributed by atoms with van der Waals surface area (Å²) in [6.07, 6.45) is 3.55. The molecule has 1 heterocycles. The Bertz CT molecular complexity index is 1110. The van der Waals surface area contributed by atoms with Gasteiger partial charge in [-0.1, -0.05) is 18.2 Å². The lowest BCUT2D eigenvalue weighted by Crippen LogP contribution is -2.31. The van der Waals surface area contributed by atoms with Gasteiger partial charge in [0.2, 0.25) is 5.43 Å². The fraction of sp³-hybridized carbons (Fsp3) is 0.238. The van der Waals surface area contributed by atoms with E-state index < -0.39 is 6.09 Å². The molecule has 0 radical (unpaired) electrons. The lowest BCUT2D eigenvalue weighted by Gasteiger charge is -2.32. The molecule has 1 unspecified atom stereocenters. The number of para-hydroxylation sites is 1. The highest BCUT2D eigenvalue weighted by Crippen LogP contribution is 2.32. The number of aryl methyl sites for hydroxylation is 1. The summed E-state index contributed by atoms with van der Waals surface area (Å²) in [4.78, 5) is 27.2. The smallest absolute Gasteiger partial charge is 0.407 e. The van der Waals surface area contributed by atoms with Crippen molar-refractivity contribution >= 4 is 28.4 Å². The summed E-state index contributed by atoms with van der Waals surface area (Å²) < 4.78 is 4.71. The molecule has 1 aliphatic carbocycles. The van der Waals surface area contributed by atoms with Crippen LogP contribution in [0.1, 0.15) is 30.0 Å². The zero-order valence-electron chi connectivity index (χ0n) is 15.9. The normalized spacial score (nSPS) is 15.4. The Hall–Kier alpha value is -3.52. The van der Waals surface area contributed by atoms with Crippen LogP contribution in [0.25, 0.3) is 10.9 Å². The van der Waals surface area contributed by atoms with Crippen LogP contribution in [0.5, 0.6) is 0 Å². The maximum atomic E-state index is 12.6. The highest BCUT2D eigenvalue weighted by atomic mass is 16.5. The number of H-pyrrole nitrogens is 1. The van der Waals surface area contributed by atoms with Crippen molar-refractivity contribution in [2.24, 2.45) is 0 Å². The number of benzene rings is 2. The minimum Gasteiger partial charge on any atom is -0.739 e. The van der Waals surface area contributed by atoms with Crippen molar-refractivity contribution in [2.75, 3.05) is 17.7 Å². The minimum atomic E-state index is -0.491. The second-order valence-corrected chi connectivity index (χ2v) is 6.95. The quantitative estimate of drug-likeness (QED) is 0.585.